The van der Waals surface area contributed by atoms with E-state index in [2.05, 4.69) is 5.32 Å². The number of ether oxygens (including phenoxy) is 1. The number of carbonyl (C=O) groups is 4. The maximum absolute atomic E-state index is 13.4. The van der Waals surface area contributed by atoms with Crippen LogP contribution in [-0.4, -0.2) is 102 Å². The Bertz CT molecular complexity index is 738. The van der Waals surface area contributed by atoms with Gasteiger partial charge in [-0.3, -0.25) is 19.3 Å². The van der Waals surface area contributed by atoms with Crippen molar-refractivity contribution >= 4 is 23.8 Å². The van der Waals surface area contributed by atoms with Gasteiger partial charge in [-0.1, -0.05) is 48.0 Å². The number of nitrogens with zero attached hydrogens (tertiary/aromatic N) is 2. The zero-order chi connectivity index (χ0) is 29.8. The van der Waals surface area contributed by atoms with Gasteiger partial charge in [0.25, 0.3) is 0 Å². The number of amides is 2. The van der Waals surface area contributed by atoms with Crippen LogP contribution >= 0.6 is 0 Å². The molecular formula is C24H44F3N3O7. The first-order valence-electron chi connectivity index (χ1n) is 12.0. The molecule has 218 valence electrons. The Balaban J connectivity index is 0. The number of carboxylic acid groups (broad SMARTS) is 2. The second-order valence-electron chi connectivity index (χ2n) is 9.88. The summed E-state index contributed by atoms with van der Waals surface area (Å²) in [6.45, 7) is 11.7. The number of aliphatic carboxylic acids is 2. The molecule has 0 fully saturated rings. The van der Waals surface area contributed by atoms with Gasteiger partial charge in [0.15, 0.2) is 0 Å². The van der Waals surface area contributed by atoms with Crippen molar-refractivity contribution in [2.24, 2.45) is 17.8 Å². The van der Waals surface area contributed by atoms with Crippen molar-refractivity contribution in [3.05, 3.63) is 0 Å². The summed E-state index contributed by atoms with van der Waals surface area (Å²) >= 11 is 0. The molecule has 37 heavy (non-hydrogen) atoms. The molecule has 0 spiro atoms. The summed E-state index contributed by atoms with van der Waals surface area (Å²) in [6, 6.07) is -1.48. The van der Waals surface area contributed by atoms with E-state index in [1.165, 1.54) is 7.11 Å². The number of hydrogen-bond donors (Lipinski definition) is 3. The van der Waals surface area contributed by atoms with Crippen LogP contribution in [0.4, 0.5) is 13.2 Å². The van der Waals surface area contributed by atoms with Gasteiger partial charge >= 0.3 is 18.1 Å². The highest BCUT2D eigenvalue weighted by Gasteiger charge is 2.39. The lowest BCUT2D eigenvalue weighted by molar-refractivity contribution is -0.192. The van der Waals surface area contributed by atoms with Crippen molar-refractivity contribution in [2.75, 3.05) is 28.3 Å². The first-order chi connectivity index (χ1) is 16.7. The summed E-state index contributed by atoms with van der Waals surface area (Å²) in [5, 5.41) is 19.3. The Morgan fingerprint density at radius 3 is 1.68 bits per heavy atom. The lowest BCUT2D eigenvalue weighted by atomic mass is 9.90. The molecule has 0 saturated heterocycles. The number of methoxy groups -OCH3 is 1. The molecule has 0 aliphatic carbocycles. The summed E-state index contributed by atoms with van der Waals surface area (Å²) in [5.41, 5.74) is 0. The Labute approximate surface area is 217 Å². The van der Waals surface area contributed by atoms with Crippen LogP contribution in [0, 0.1) is 17.8 Å². The van der Waals surface area contributed by atoms with Crippen molar-refractivity contribution in [3.63, 3.8) is 0 Å². The zero-order valence-electron chi connectivity index (χ0n) is 23.4. The van der Waals surface area contributed by atoms with Crippen molar-refractivity contribution in [1.82, 2.24) is 15.1 Å². The Hall–Kier alpha value is -2.41. The predicted octanol–water partition coefficient (Wildman–Crippen LogP) is 2.71. The largest absolute Gasteiger partial charge is 0.490 e. The molecular weight excluding hydrogens is 499 g/mol. The van der Waals surface area contributed by atoms with Gasteiger partial charge in [-0.15, -0.1) is 0 Å². The van der Waals surface area contributed by atoms with Gasteiger partial charge in [-0.05, 0) is 31.8 Å². The summed E-state index contributed by atoms with van der Waals surface area (Å²) in [7, 11) is 6.82. The molecule has 0 rings (SSSR count). The third-order valence-corrected chi connectivity index (χ3v) is 6.01. The fraction of sp³-hybridized carbons (Fsp3) is 0.833. The van der Waals surface area contributed by atoms with Crippen molar-refractivity contribution in [2.45, 2.75) is 84.8 Å². The highest BCUT2D eigenvalue weighted by molar-refractivity contribution is 5.90. The van der Waals surface area contributed by atoms with Gasteiger partial charge in [0.2, 0.25) is 11.8 Å². The van der Waals surface area contributed by atoms with Crippen LogP contribution in [0.15, 0.2) is 0 Å². The highest BCUT2D eigenvalue weighted by Crippen LogP contribution is 2.23. The first kappa shape index (κ1) is 36.7. The third kappa shape index (κ3) is 12.6. The van der Waals surface area contributed by atoms with E-state index in [4.69, 9.17) is 14.6 Å². The normalized spacial score (nSPS) is 15.8. The summed E-state index contributed by atoms with van der Waals surface area (Å²) < 4.78 is 37.2. The van der Waals surface area contributed by atoms with Crippen LogP contribution in [-0.2, 0) is 23.9 Å². The topological polar surface area (TPSA) is 136 Å². The number of halogens is 3. The summed E-state index contributed by atoms with van der Waals surface area (Å²) in [6.07, 6.45) is -5.16. The quantitative estimate of drug-likeness (QED) is 0.323. The fourth-order valence-corrected chi connectivity index (χ4v) is 4.01. The molecule has 0 aromatic carbocycles. The van der Waals surface area contributed by atoms with E-state index in [0.717, 1.165) is 6.42 Å². The second kappa shape index (κ2) is 16.4. The summed E-state index contributed by atoms with van der Waals surface area (Å²) in [4.78, 5) is 50.0. The minimum Gasteiger partial charge on any atom is -0.481 e. The summed E-state index contributed by atoms with van der Waals surface area (Å²) in [5.74, 6) is -4.18. The molecule has 0 unspecified atom stereocenters. The molecule has 0 bridgehead atoms. The lowest BCUT2D eigenvalue weighted by Crippen LogP contribution is -2.59. The van der Waals surface area contributed by atoms with Gasteiger partial charge in [-0.2, -0.15) is 13.2 Å². The number of nitrogens with one attached hydrogen (secondary N) is 1. The average Bonchev–Trinajstić information content (AvgIpc) is 2.74. The fourth-order valence-electron chi connectivity index (χ4n) is 4.01. The average molecular weight is 544 g/mol. The smallest absolute Gasteiger partial charge is 0.481 e. The molecule has 0 aromatic rings. The molecule has 10 nitrogen and oxygen atoms in total. The molecule has 2 amide bonds. The van der Waals surface area contributed by atoms with E-state index < -0.39 is 36.3 Å². The monoisotopic (exact) mass is 543 g/mol. The Kier molecular flexibility index (Phi) is 16.3. The number of carbonyl (C=O) groups excluding carboxylic acids is 2. The maximum atomic E-state index is 13.4. The molecule has 5 atom stereocenters. The molecule has 3 N–H and O–H groups in total. The van der Waals surface area contributed by atoms with Crippen LogP contribution in [0.2, 0.25) is 0 Å². The van der Waals surface area contributed by atoms with E-state index in [-0.39, 0.29) is 42.0 Å². The maximum Gasteiger partial charge on any atom is 0.490 e. The first-order valence-corrected chi connectivity index (χ1v) is 12.0. The Morgan fingerprint density at radius 1 is 0.946 bits per heavy atom. The van der Waals surface area contributed by atoms with Gasteiger partial charge in [-0.25, -0.2) is 4.79 Å². The third-order valence-electron chi connectivity index (χ3n) is 6.01. The number of likely N-dealkylation sites (N-methyl/N-ethyl adjacent to an activating group) is 2. The van der Waals surface area contributed by atoms with Crippen LogP contribution in [0.1, 0.15) is 54.4 Å². The zero-order valence-corrected chi connectivity index (χ0v) is 23.4. The standard InChI is InChI=1S/C22H43N3O5.C2HF3O2/c1-11-15(6)20(16(30-10)12-17(26)27)25(9)22(29)18(13(2)3)23-21(28)19(14(4)5)24(7)8;3-2(4,5)1(6)7/h13-16,18-20H,11-12H2,1-10H3,(H,23,28)(H,26,27);(H,6,7)/t15-,16+,18-,19-,20+;/m0./s1. The van der Waals surface area contributed by atoms with E-state index in [1.807, 2.05) is 60.5 Å². The van der Waals surface area contributed by atoms with E-state index >= 15 is 0 Å². The van der Waals surface area contributed by atoms with Crippen molar-refractivity contribution in [1.29, 1.82) is 0 Å². The molecule has 0 radical (unpaired) electrons. The predicted molar refractivity (Wildman–Crippen MR) is 132 cm³/mol. The van der Waals surface area contributed by atoms with E-state index in [1.54, 1.807) is 11.9 Å². The van der Waals surface area contributed by atoms with Crippen LogP contribution < -0.4 is 5.32 Å². The highest BCUT2D eigenvalue weighted by atomic mass is 19.4. The van der Waals surface area contributed by atoms with Crippen LogP contribution in [0.5, 0.6) is 0 Å². The van der Waals surface area contributed by atoms with E-state index in [9.17, 15) is 32.7 Å². The molecule has 0 heterocycles. The van der Waals surface area contributed by atoms with Crippen molar-refractivity contribution < 1.29 is 47.3 Å². The number of rotatable bonds is 13. The minimum absolute atomic E-state index is 0.0250. The van der Waals surface area contributed by atoms with Crippen LogP contribution in [0.3, 0.4) is 0 Å². The number of hydrogen-bond acceptors (Lipinski definition) is 6. The minimum atomic E-state index is -5.08. The van der Waals surface area contributed by atoms with Gasteiger partial charge in [0.1, 0.15) is 6.04 Å². The Morgan fingerprint density at radius 2 is 1.41 bits per heavy atom. The molecule has 0 aliphatic heterocycles. The molecule has 13 heteroatoms. The number of carboxylic acids is 2. The van der Waals surface area contributed by atoms with Gasteiger partial charge in [0, 0.05) is 14.2 Å². The van der Waals surface area contributed by atoms with Gasteiger partial charge in [0.05, 0.1) is 24.6 Å². The number of alkyl halides is 3. The molecule has 0 saturated carbocycles. The van der Waals surface area contributed by atoms with E-state index in [0.29, 0.717) is 0 Å². The van der Waals surface area contributed by atoms with Crippen molar-refractivity contribution in [3.8, 4) is 0 Å². The molecule has 0 aromatic heterocycles. The SMILES string of the molecule is CC[C@H](C)[C@H]([C@@H](CC(=O)O)OC)N(C)C(=O)[C@@H](NC(=O)[C@H](C(C)C)N(C)C)C(C)C.O=C(O)C(F)(F)F. The molecule has 0 aliphatic rings. The van der Waals surface area contributed by atoms with Gasteiger partial charge < -0.3 is 25.2 Å². The second-order valence-corrected chi connectivity index (χ2v) is 9.88. The lowest BCUT2D eigenvalue weighted by Gasteiger charge is -2.40. The van der Waals surface area contributed by atoms with Crippen LogP contribution in [0.25, 0.3) is 0 Å².